The van der Waals surface area contributed by atoms with Crippen LogP contribution in [0.1, 0.15) is 161 Å². The molecule has 0 radical (unpaired) electrons. The number of rotatable bonds is 21. The van der Waals surface area contributed by atoms with Crippen molar-refractivity contribution < 1.29 is 14.4 Å². The van der Waals surface area contributed by atoms with Gasteiger partial charge in [0, 0.05) is 6.42 Å². The highest BCUT2D eigenvalue weighted by Gasteiger charge is 2.26. The van der Waals surface area contributed by atoms with Gasteiger partial charge in [-0.15, -0.1) is 0 Å². The van der Waals surface area contributed by atoms with Crippen molar-refractivity contribution in [2.24, 2.45) is 0 Å². The predicted octanol–water partition coefficient (Wildman–Crippen LogP) is 9.59. The zero-order chi connectivity index (χ0) is 30.9. The Balaban J connectivity index is 2.25. The summed E-state index contributed by atoms with van der Waals surface area (Å²) in [6.07, 6.45) is 20.7. The van der Waals surface area contributed by atoms with Crippen molar-refractivity contribution in [3.63, 3.8) is 0 Å². The van der Waals surface area contributed by atoms with Crippen molar-refractivity contribution in [3.05, 3.63) is 28.8 Å². The second kappa shape index (κ2) is 18.9. The topological polar surface area (TPSA) is 49.3 Å². The number of hydrogen-bond acceptors (Lipinski definition) is 2. The smallest absolute Gasteiger partial charge is 0.220 e. The molecule has 0 aliphatic heterocycles. The molecule has 0 atom stereocenters. The predicted molar refractivity (Wildman–Crippen MR) is 179 cm³/mol. The molecule has 1 aromatic carbocycles. The molecule has 0 heterocycles. The van der Waals surface area contributed by atoms with Gasteiger partial charge < -0.3 is 14.9 Å². The molecule has 238 valence electrons. The molecule has 0 bridgehead atoms. The van der Waals surface area contributed by atoms with Crippen LogP contribution in [0, 0.1) is 0 Å². The average molecular weight is 574 g/mol. The van der Waals surface area contributed by atoms with Crippen LogP contribution in [0.25, 0.3) is 0 Å². The normalized spacial score (nSPS) is 12.6. The van der Waals surface area contributed by atoms with E-state index in [0.29, 0.717) is 18.6 Å². The average Bonchev–Trinajstić information content (AvgIpc) is 2.86. The number of carbonyl (C=O) groups excluding carboxylic acids is 1. The molecule has 0 saturated heterocycles. The summed E-state index contributed by atoms with van der Waals surface area (Å²) in [5.74, 6) is 0.515. The lowest BCUT2D eigenvalue weighted by Crippen LogP contribution is -2.46. The Hall–Kier alpha value is -1.55. The molecule has 4 nitrogen and oxygen atoms in total. The first-order chi connectivity index (χ1) is 19.2. The first kappa shape index (κ1) is 37.5. The number of likely N-dealkylation sites (N-methyl/N-ethyl adjacent to an activating group) is 1. The van der Waals surface area contributed by atoms with Crippen molar-refractivity contribution in [3.8, 4) is 5.75 Å². The lowest BCUT2D eigenvalue weighted by Gasteiger charge is -2.30. The molecule has 4 heteroatoms. The lowest BCUT2D eigenvalue weighted by molar-refractivity contribution is -0.889. The molecule has 2 N–H and O–H groups in total. The van der Waals surface area contributed by atoms with Crippen molar-refractivity contribution in [2.45, 2.75) is 162 Å². The van der Waals surface area contributed by atoms with Gasteiger partial charge >= 0.3 is 0 Å². The van der Waals surface area contributed by atoms with Crippen LogP contribution in [0.5, 0.6) is 5.75 Å². The van der Waals surface area contributed by atoms with E-state index in [4.69, 9.17) is 0 Å². The number of phenolic OH excluding ortho intramolecular Hbond substituents is 1. The third kappa shape index (κ3) is 16.6. The lowest BCUT2D eigenvalue weighted by atomic mass is 9.78. The number of aryl methyl sites for hydroxylation is 1. The van der Waals surface area contributed by atoms with Gasteiger partial charge in [0.25, 0.3) is 0 Å². The molecule has 0 fully saturated rings. The van der Waals surface area contributed by atoms with Gasteiger partial charge in [-0.2, -0.15) is 0 Å². The van der Waals surface area contributed by atoms with Crippen molar-refractivity contribution in [1.29, 1.82) is 0 Å². The Morgan fingerprint density at radius 2 is 1.12 bits per heavy atom. The summed E-state index contributed by atoms with van der Waals surface area (Å²) in [7, 11) is 4.57. The number of aromatic hydroxyl groups is 1. The van der Waals surface area contributed by atoms with Crippen LogP contribution in [-0.4, -0.2) is 49.2 Å². The van der Waals surface area contributed by atoms with Crippen molar-refractivity contribution in [2.75, 3.05) is 33.7 Å². The summed E-state index contributed by atoms with van der Waals surface area (Å²) in [4.78, 5) is 12.7. The summed E-state index contributed by atoms with van der Waals surface area (Å²) in [5.41, 5.74) is 2.74. The van der Waals surface area contributed by atoms with E-state index >= 15 is 0 Å². The highest BCUT2D eigenvalue weighted by molar-refractivity contribution is 5.76. The number of carbonyl (C=O) groups is 1. The fourth-order valence-corrected chi connectivity index (χ4v) is 5.67. The molecule has 0 unspecified atom stereocenters. The van der Waals surface area contributed by atoms with E-state index in [1.54, 1.807) is 0 Å². The number of hydrogen-bond donors (Lipinski definition) is 2. The third-order valence-electron chi connectivity index (χ3n) is 8.58. The van der Waals surface area contributed by atoms with Crippen LogP contribution >= 0.6 is 0 Å². The summed E-state index contributed by atoms with van der Waals surface area (Å²) < 4.78 is 0.959. The van der Waals surface area contributed by atoms with Crippen molar-refractivity contribution >= 4 is 5.91 Å². The molecule has 41 heavy (non-hydrogen) atoms. The number of nitrogens with zero attached hydrogens (tertiary/aromatic N) is 1. The summed E-state index contributed by atoms with van der Waals surface area (Å²) in [5, 5.41) is 14.1. The molecule has 0 aliphatic rings. The van der Waals surface area contributed by atoms with Gasteiger partial charge in [0.15, 0.2) is 0 Å². The fraction of sp³-hybridized carbons (Fsp3) is 0.811. The van der Waals surface area contributed by atoms with Gasteiger partial charge in [0.1, 0.15) is 5.75 Å². The highest BCUT2D eigenvalue weighted by atomic mass is 16.3. The maximum atomic E-state index is 12.7. The van der Waals surface area contributed by atoms with E-state index in [0.717, 1.165) is 34.3 Å². The molecule has 1 amide bonds. The highest BCUT2D eigenvalue weighted by Crippen LogP contribution is 2.40. The van der Waals surface area contributed by atoms with Gasteiger partial charge in [0.2, 0.25) is 5.91 Å². The third-order valence-corrected chi connectivity index (χ3v) is 8.58. The zero-order valence-electron chi connectivity index (χ0n) is 28.9. The van der Waals surface area contributed by atoms with E-state index in [-0.39, 0.29) is 16.7 Å². The van der Waals surface area contributed by atoms with E-state index < -0.39 is 0 Å². The quantitative estimate of drug-likeness (QED) is 0.114. The number of amides is 1. The van der Waals surface area contributed by atoms with Crippen LogP contribution in [0.15, 0.2) is 12.1 Å². The monoisotopic (exact) mass is 574 g/mol. The van der Waals surface area contributed by atoms with E-state index in [2.05, 4.69) is 80.0 Å². The first-order valence-corrected chi connectivity index (χ1v) is 17.1. The summed E-state index contributed by atoms with van der Waals surface area (Å²) in [6.45, 7) is 17.9. The largest absolute Gasteiger partial charge is 0.507 e. The van der Waals surface area contributed by atoms with Gasteiger partial charge in [-0.3, -0.25) is 4.79 Å². The van der Waals surface area contributed by atoms with Gasteiger partial charge in [-0.25, -0.2) is 0 Å². The Kier molecular flexibility index (Phi) is 17.3. The van der Waals surface area contributed by atoms with Gasteiger partial charge in [-0.1, -0.05) is 138 Å². The Morgan fingerprint density at radius 1 is 0.707 bits per heavy atom. The minimum Gasteiger partial charge on any atom is -0.507 e. The van der Waals surface area contributed by atoms with Crippen LogP contribution in [0.2, 0.25) is 0 Å². The Bertz CT molecular complexity index is 826. The molecular weight excluding hydrogens is 504 g/mol. The van der Waals surface area contributed by atoms with E-state index in [9.17, 15) is 9.90 Å². The molecule has 1 rings (SSSR count). The van der Waals surface area contributed by atoms with Gasteiger partial charge in [0.05, 0.1) is 33.7 Å². The fourth-order valence-electron chi connectivity index (χ4n) is 5.67. The zero-order valence-corrected chi connectivity index (χ0v) is 28.9. The van der Waals surface area contributed by atoms with E-state index in [1.165, 1.54) is 96.4 Å². The molecule has 0 aliphatic carbocycles. The Morgan fingerprint density at radius 3 is 1.54 bits per heavy atom. The molecule has 0 spiro atoms. The molecular formula is C37H69N2O2+. The molecule has 1 aromatic rings. The number of nitrogens with one attached hydrogen (secondary N) is 1. The summed E-state index contributed by atoms with van der Waals surface area (Å²) >= 11 is 0. The summed E-state index contributed by atoms with van der Waals surface area (Å²) in [6, 6.07) is 4.18. The van der Waals surface area contributed by atoms with E-state index in [1.807, 2.05) is 0 Å². The second-order valence-electron chi connectivity index (χ2n) is 15.4. The minimum absolute atomic E-state index is 0.115. The maximum Gasteiger partial charge on any atom is 0.220 e. The van der Waals surface area contributed by atoms with Crippen molar-refractivity contribution in [1.82, 2.24) is 5.32 Å². The number of unbranched alkanes of at least 4 members (excludes halogenated alkanes) is 13. The minimum atomic E-state index is -0.154. The van der Waals surface area contributed by atoms with Crippen LogP contribution in [0.4, 0.5) is 0 Å². The van der Waals surface area contributed by atoms with Crippen LogP contribution < -0.4 is 5.32 Å². The maximum absolute atomic E-state index is 12.7. The standard InChI is InChI=1S/C37H68N2O2/c1-10-11-12-13-14-15-16-17-18-19-20-21-22-23-27-39(8,9)28-26-38-34(40)25-24-31-29-32(36(2,3)4)35(41)33(30-31)37(5,6)7/h29-30H,10-28H2,1-9H3,(H-,38,40,41)/p+1. The molecule has 0 saturated carbocycles. The molecule has 0 aromatic heterocycles. The second-order valence-corrected chi connectivity index (χ2v) is 15.4. The Labute approximate surface area is 255 Å². The number of benzene rings is 1. The number of phenols is 1. The van der Waals surface area contributed by atoms with Crippen LogP contribution in [0.3, 0.4) is 0 Å². The number of quaternary nitrogens is 1. The van der Waals surface area contributed by atoms with Crippen LogP contribution in [-0.2, 0) is 22.0 Å². The SMILES string of the molecule is CCCCCCCCCCCCCCCC[N+](C)(C)CCNC(=O)CCc1cc(C(C)(C)C)c(O)c(C(C)(C)C)c1. The van der Waals surface area contributed by atoms with Gasteiger partial charge in [-0.05, 0) is 46.8 Å². The first-order valence-electron chi connectivity index (χ1n) is 17.1.